The second-order valence-electron chi connectivity index (χ2n) is 7.29. The van der Waals surface area contributed by atoms with E-state index in [1.54, 1.807) is 0 Å². The Morgan fingerprint density at radius 1 is 0.731 bits per heavy atom. The number of fused-ring (bicyclic) bond motifs is 3. The number of unbranched alkanes of at least 4 members (excludes halogenated alkanes) is 4. The summed E-state index contributed by atoms with van der Waals surface area (Å²) in [6.07, 6.45) is 8.53. The van der Waals surface area contributed by atoms with Crippen molar-refractivity contribution in [2.45, 2.75) is 44.9 Å². The predicted octanol–water partition coefficient (Wildman–Crippen LogP) is 4.56. The summed E-state index contributed by atoms with van der Waals surface area (Å²) in [5.74, 6) is 0. The predicted molar refractivity (Wildman–Crippen MR) is 113 cm³/mol. The van der Waals surface area contributed by atoms with E-state index in [9.17, 15) is 0 Å². The van der Waals surface area contributed by atoms with Crippen molar-refractivity contribution >= 4 is 5.69 Å². The Labute approximate surface area is 158 Å². The van der Waals surface area contributed by atoms with Crippen molar-refractivity contribution in [2.24, 2.45) is 5.73 Å². The summed E-state index contributed by atoms with van der Waals surface area (Å²) in [7, 11) is 0. The van der Waals surface area contributed by atoms with Crippen molar-refractivity contribution in [3.8, 4) is 11.1 Å². The first-order valence-electron chi connectivity index (χ1n) is 10.2. The van der Waals surface area contributed by atoms with Crippen molar-refractivity contribution in [1.29, 1.82) is 0 Å². The monoisotopic (exact) mass is 351 g/mol. The van der Waals surface area contributed by atoms with E-state index in [1.165, 1.54) is 60.0 Å². The molecule has 0 bridgehead atoms. The Balaban J connectivity index is 1.29. The van der Waals surface area contributed by atoms with Gasteiger partial charge < -0.3 is 16.4 Å². The van der Waals surface area contributed by atoms with Gasteiger partial charge in [0.15, 0.2) is 0 Å². The number of rotatable bonds is 12. The lowest BCUT2D eigenvalue weighted by Crippen LogP contribution is -2.17. The van der Waals surface area contributed by atoms with Crippen molar-refractivity contribution in [3.05, 3.63) is 53.6 Å². The van der Waals surface area contributed by atoms with Crippen LogP contribution in [0.5, 0.6) is 0 Å². The van der Waals surface area contributed by atoms with Gasteiger partial charge in [-0.25, -0.2) is 0 Å². The molecule has 0 radical (unpaired) electrons. The fraction of sp³-hybridized carbons (Fsp3) is 0.478. The first-order chi connectivity index (χ1) is 12.9. The lowest BCUT2D eigenvalue weighted by molar-refractivity contribution is 0.574. The number of hydrogen-bond acceptors (Lipinski definition) is 3. The molecule has 1 aliphatic rings. The number of hydrogen-bond donors (Lipinski definition) is 3. The zero-order valence-corrected chi connectivity index (χ0v) is 15.9. The van der Waals surface area contributed by atoms with E-state index < -0.39 is 0 Å². The second-order valence-corrected chi connectivity index (χ2v) is 7.29. The van der Waals surface area contributed by atoms with Crippen LogP contribution in [-0.2, 0) is 6.42 Å². The van der Waals surface area contributed by atoms with Gasteiger partial charge in [0.1, 0.15) is 0 Å². The van der Waals surface area contributed by atoms with E-state index in [-0.39, 0.29) is 0 Å². The summed E-state index contributed by atoms with van der Waals surface area (Å²) >= 11 is 0. The molecule has 26 heavy (non-hydrogen) atoms. The van der Waals surface area contributed by atoms with Gasteiger partial charge in [-0.1, -0.05) is 43.2 Å². The molecule has 0 amide bonds. The molecular formula is C23H33N3. The third-order valence-electron chi connectivity index (χ3n) is 5.21. The van der Waals surface area contributed by atoms with Crippen LogP contribution in [-0.4, -0.2) is 26.2 Å². The lowest BCUT2D eigenvalue weighted by Gasteiger charge is -2.09. The lowest BCUT2D eigenvalue weighted by atomic mass is 10.1. The molecule has 0 aromatic heterocycles. The number of benzene rings is 2. The van der Waals surface area contributed by atoms with E-state index in [4.69, 9.17) is 5.73 Å². The maximum Gasteiger partial charge on any atom is 0.0343 e. The van der Waals surface area contributed by atoms with Crippen LogP contribution in [0, 0.1) is 0 Å². The molecule has 0 spiro atoms. The highest BCUT2D eigenvalue weighted by molar-refractivity contribution is 5.78. The molecule has 2 aromatic rings. The molecule has 3 heteroatoms. The molecule has 4 N–H and O–H groups in total. The van der Waals surface area contributed by atoms with Crippen molar-refractivity contribution in [3.63, 3.8) is 0 Å². The number of nitrogens with one attached hydrogen (secondary N) is 2. The largest absolute Gasteiger partial charge is 0.385 e. The SMILES string of the molecule is NCCCCNCCCCCCNc1ccc2c(c1)Cc1ccccc1-2. The van der Waals surface area contributed by atoms with Crippen LogP contribution < -0.4 is 16.4 Å². The van der Waals surface area contributed by atoms with Gasteiger partial charge in [0, 0.05) is 12.2 Å². The molecule has 3 nitrogen and oxygen atoms in total. The summed E-state index contributed by atoms with van der Waals surface area (Å²) in [5, 5.41) is 7.10. The van der Waals surface area contributed by atoms with E-state index >= 15 is 0 Å². The summed E-state index contributed by atoms with van der Waals surface area (Å²) in [5.41, 5.74) is 12.5. The summed E-state index contributed by atoms with van der Waals surface area (Å²) in [6, 6.07) is 15.6. The average Bonchev–Trinajstić information content (AvgIpc) is 3.04. The van der Waals surface area contributed by atoms with Gasteiger partial charge in [-0.05, 0) is 86.1 Å². The molecule has 2 aromatic carbocycles. The minimum Gasteiger partial charge on any atom is -0.385 e. The Hall–Kier alpha value is -1.84. The minimum absolute atomic E-state index is 0.811. The van der Waals surface area contributed by atoms with Gasteiger partial charge in [0.2, 0.25) is 0 Å². The fourth-order valence-corrected chi connectivity index (χ4v) is 3.74. The molecule has 0 aliphatic heterocycles. The molecule has 0 atom stereocenters. The van der Waals surface area contributed by atoms with Crippen LogP contribution >= 0.6 is 0 Å². The van der Waals surface area contributed by atoms with Gasteiger partial charge in [0.05, 0.1) is 0 Å². The first kappa shape index (κ1) is 18.9. The number of anilines is 1. The standard InChI is InChI=1S/C23H33N3/c24-13-5-8-15-25-14-6-1-2-7-16-26-21-11-12-23-20(18-21)17-19-9-3-4-10-22(19)23/h3-4,9-12,18,25-26H,1-2,5-8,13-17,24H2. The zero-order valence-electron chi connectivity index (χ0n) is 15.9. The topological polar surface area (TPSA) is 50.1 Å². The van der Waals surface area contributed by atoms with Crippen LogP contribution in [0.15, 0.2) is 42.5 Å². The Kier molecular flexibility index (Phi) is 7.53. The van der Waals surface area contributed by atoms with Crippen LogP contribution in [0.2, 0.25) is 0 Å². The highest BCUT2D eigenvalue weighted by Crippen LogP contribution is 2.37. The molecule has 0 saturated heterocycles. The van der Waals surface area contributed by atoms with Crippen LogP contribution in [0.1, 0.15) is 49.7 Å². The fourth-order valence-electron chi connectivity index (χ4n) is 3.74. The van der Waals surface area contributed by atoms with Gasteiger partial charge in [-0.3, -0.25) is 0 Å². The maximum absolute atomic E-state index is 5.49. The molecule has 3 rings (SSSR count). The highest BCUT2D eigenvalue weighted by atomic mass is 14.9. The maximum atomic E-state index is 5.49. The molecule has 1 aliphatic carbocycles. The van der Waals surface area contributed by atoms with Gasteiger partial charge in [-0.2, -0.15) is 0 Å². The molecule has 140 valence electrons. The van der Waals surface area contributed by atoms with Crippen LogP contribution in [0.3, 0.4) is 0 Å². The van der Waals surface area contributed by atoms with Gasteiger partial charge >= 0.3 is 0 Å². The third kappa shape index (κ3) is 5.33. The summed E-state index contributed by atoms with van der Waals surface area (Å²) < 4.78 is 0. The molecule has 0 unspecified atom stereocenters. The van der Waals surface area contributed by atoms with Crippen molar-refractivity contribution in [2.75, 3.05) is 31.5 Å². The molecule has 0 saturated carbocycles. The van der Waals surface area contributed by atoms with E-state index in [1.807, 2.05) is 0 Å². The summed E-state index contributed by atoms with van der Waals surface area (Å²) in [6.45, 7) is 4.13. The zero-order chi connectivity index (χ0) is 18.0. The molecule has 0 fully saturated rings. The van der Waals surface area contributed by atoms with E-state index in [0.717, 1.165) is 39.0 Å². The van der Waals surface area contributed by atoms with Crippen LogP contribution in [0.4, 0.5) is 5.69 Å². The minimum atomic E-state index is 0.811. The van der Waals surface area contributed by atoms with Gasteiger partial charge in [-0.15, -0.1) is 0 Å². The number of nitrogens with two attached hydrogens (primary N) is 1. The molecular weight excluding hydrogens is 318 g/mol. The first-order valence-corrected chi connectivity index (χ1v) is 10.2. The average molecular weight is 352 g/mol. The van der Waals surface area contributed by atoms with Gasteiger partial charge in [0.25, 0.3) is 0 Å². The normalized spacial score (nSPS) is 12.0. The van der Waals surface area contributed by atoms with E-state index in [0.29, 0.717) is 0 Å². The Bertz CT molecular complexity index is 681. The Morgan fingerprint density at radius 2 is 1.46 bits per heavy atom. The van der Waals surface area contributed by atoms with E-state index in [2.05, 4.69) is 53.1 Å². The quantitative estimate of drug-likeness (QED) is 0.419. The molecule has 0 heterocycles. The highest BCUT2D eigenvalue weighted by Gasteiger charge is 2.17. The van der Waals surface area contributed by atoms with Crippen molar-refractivity contribution < 1.29 is 0 Å². The Morgan fingerprint density at radius 3 is 2.31 bits per heavy atom. The smallest absolute Gasteiger partial charge is 0.0343 e. The van der Waals surface area contributed by atoms with Crippen molar-refractivity contribution in [1.82, 2.24) is 5.32 Å². The summed E-state index contributed by atoms with van der Waals surface area (Å²) in [4.78, 5) is 0. The second kappa shape index (κ2) is 10.3. The third-order valence-corrected chi connectivity index (χ3v) is 5.21. The van der Waals surface area contributed by atoms with Crippen LogP contribution in [0.25, 0.3) is 11.1 Å².